The van der Waals surface area contributed by atoms with Crippen LogP contribution in [0.4, 0.5) is 0 Å². The molecule has 4 nitrogen and oxygen atoms in total. The molecule has 2 heterocycles. The summed E-state index contributed by atoms with van der Waals surface area (Å²) >= 11 is 0. The highest BCUT2D eigenvalue weighted by Gasteiger charge is 2.41. The molecule has 136 valence electrons. The fraction of sp³-hybridized carbons (Fsp3) is 0.364. The number of aliphatic carboxylic acids is 1. The summed E-state index contributed by atoms with van der Waals surface area (Å²) in [5, 5.41) is 10.2. The Morgan fingerprint density at radius 1 is 1.19 bits per heavy atom. The molecule has 1 N–H and O–H groups in total. The van der Waals surface area contributed by atoms with E-state index in [1.54, 1.807) is 19.2 Å². The van der Waals surface area contributed by atoms with Gasteiger partial charge in [-0.2, -0.15) is 0 Å². The predicted octanol–water partition coefficient (Wildman–Crippen LogP) is 3.91. The number of pyridine rings is 1. The van der Waals surface area contributed by atoms with Crippen molar-refractivity contribution >= 4 is 11.5 Å². The van der Waals surface area contributed by atoms with Gasteiger partial charge in [0.05, 0.1) is 5.69 Å². The lowest BCUT2D eigenvalue weighted by Gasteiger charge is -2.29. The first kappa shape index (κ1) is 18.3. The molecule has 0 amide bonds. The van der Waals surface area contributed by atoms with E-state index in [0.717, 1.165) is 36.3 Å². The van der Waals surface area contributed by atoms with Crippen LogP contribution in [0.2, 0.25) is 0 Å². The zero-order valence-corrected chi connectivity index (χ0v) is 15.5. The third-order valence-corrected chi connectivity index (χ3v) is 5.26. The van der Waals surface area contributed by atoms with Gasteiger partial charge in [0, 0.05) is 12.7 Å². The summed E-state index contributed by atoms with van der Waals surface area (Å²) in [6.45, 7) is 6.70. The summed E-state index contributed by atoms with van der Waals surface area (Å²) in [5.41, 5.74) is 2.25. The molecule has 0 saturated carbocycles. The van der Waals surface area contributed by atoms with Crippen LogP contribution in [0.25, 0.3) is 5.57 Å². The van der Waals surface area contributed by atoms with Gasteiger partial charge in [0.2, 0.25) is 0 Å². The van der Waals surface area contributed by atoms with Crippen LogP contribution in [-0.2, 0) is 10.2 Å². The highest BCUT2D eigenvalue weighted by molar-refractivity contribution is 5.97. The smallest absolute Gasteiger partial charge is 0.319 e. The summed E-state index contributed by atoms with van der Waals surface area (Å²) in [6, 6.07) is 13.5. The number of aryl methyl sites for hydroxylation is 1. The fourth-order valence-corrected chi connectivity index (χ4v) is 3.55. The van der Waals surface area contributed by atoms with Gasteiger partial charge in [0.15, 0.2) is 0 Å². The van der Waals surface area contributed by atoms with E-state index in [2.05, 4.69) is 16.0 Å². The SMILES string of the molecule is Cc1ccc(/C(=C\CN2CCCC2)C(C)(C(=O)O)c2ccccn2)cc1. The minimum atomic E-state index is -1.20. The minimum Gasteiger partial charge on any atom is -0.480 e. The molecule has 26 heavy (non-hydrogen) atoms. The van der Waals surface area contributed by atoms with E-state index >= 15 is 0 Å². The van der Waals surface area contributed by atoms with E-state index in [-0.39, 0.29) is 0 Å². The minimum absolute atomic E-state index is 0.556. The molecule has 0 spiro atoms. The second-order valence-electron chi connectivity index (χ2n) is 7.14. The molecule has 1 atom stereocenters. The van der Waals surface area contributed by atoms with Crippen LogP contribution in [0.3, 0.4) is 0 Å². The topological polar surface area (TPSA) is 53.4 Å². The number of rotatable bonds is 6. The molecule has 2 aromatic rings. The van der Waals surface area contributed by atoms with E-state index in [9.17, 15) is 9.90 Å². The third kappa shape index (κ3) is 3.70. The summed E-state index contributed by atoms with van der Waals surface area (Å²) in [7, 11) is 0. The summed E-state index contributed by atoms with van der Waals surface area (Å²) < 4.78 is 0. The molecule has 0 aliphatic carbocycles. The molecular formula is C22H26N2O2. The van der Waals surface area contributed by atoms with Crippen LogP contribution < -0.4 is 0 Å². The number of nitrogens with zero attached hydrogens (tertiary/aromatic N) is 2. The van der Waals surface area contributed by atoms with Gasteiger partial charge in [0.25, 0.3) is 0 Å². The van der Waals surface area contributed by atoms with Gasteiger partial charge in [-0.3, -0.25) is 14.7 Å². The Morgan fingerprint density at radius 2 is 1.88 bits per heavy atom. The first-order valence-corrected chi connectivity index (χ1v) is 9.17. The monoisotopic (exact) mass is 350 g/mol. The number of carbonyl (C=O) groups is 1. The molecule has 1 aliphatic rings. The number of likely N-dealkylation sites (tertiary alicyclic amines) is 1. The summed E-state index contributed by atoms with van der Waals surface area (Å²) in [6.07, 6.45) is 6.16. The van der Waals surface area contributed by atoms with E-state index < -0.39 is 11.4 Å². The molecule has 0 radical (unpaired) electrons. The van der Waals surface area contributed by atoms with Crippen LogP contribution in [0.1, 0.15) is 36.6 Å². The maximum absolute atomic E-state index is 12.4. The zero-order chi connectivity index (χ0) is 18.6. The maximum atomic E-state index is 12.4. The van der Waals surface area contributed by atoms with Crippen molar-refractivity contribution < 1.29 is 9.90 Å². The Hall–Kier alpha value is -2.46. The average Bonchev–Trinajstić information content (AvgIpc) is 3.17. The third-order valence-electron chi connectivity index (χ3n) is 5.26. The number of carboxylic acids is 1. The lowest BCUT2D eigenvalue weighted by molar-refractivity contribution is -0.141. The highest BCUT2D eigenvalue weighted by Crippen LogP contribution is 2.38. The Kier molecular flexibility index (Phi) is 5.52. The average molecular weight is 350 g/mol. The van der Waals surface area contributed by atoms with Crippen LogP contribution in [0, 0.1) is 6.92 Å². The molecule has 1 saturated heterocycles. The molecular weight excluding hydrogens is 324 g/mol. The van der Waals surface area contributed by atoms with Gasteiger partial charge in [0.1, 0.15) is 5.41 Å². The van der Waals surface area contributed by atoms with Gasteiger partial charge in [-0.25, -0.2) is 0 Å². The lowest BCUT2D eigenvalue weighted by atomic mass is 9.75. The summed E-state index contributed by atoms with van der Waals surface area (Å²) in [5.74, 6) is -0.885. The molecule has 1 aromatic carbocycles. The molecule has 1 aromatic heterocycles. The Bertz CT molecular complexity index is 778. The molecule has 0 bridgehead atoms. The van der Waals surface area contributed by atoms with Crippen molar-refractivity contribution in [2.45, 2.75) is 32.1 Å². The Labute approximate surface area is 155 Å². The Morgan fingerprint density at radius 3 is 2.46 bits per heavy atom. The molecule has 4 heteroatoms. The largest absolute Gasteiger partial charge is 0.480 e. The maximum Gasteiger partial charge on any atom is 0.319 e. The van der Waals surface area contributed by atoms with Crippen molar-refractivity contribution in [3.63, 3.8) is 0 Å². The number of benzene rings is 1. The molecule has 1 unspecified atom stereocenters. The van der Waals surface area contributed by atoms with Crippen LogP contribution >= 0.6 is 0 Å². The highest BCUT2D eigenvalue weighted by atomic mass is 16.4. The van der Waals surface area contributed by atoms with Crippen LogP contribution in [-0.4, -0.2) is 40.6 Å². The van der Waals surface area contributed by atoms with E-state index in [1.165, 1.54) is 12.8 Å². The van der Waals surface area contributed by atoms with Crippen molar-refractivity contribution in [3.8, 4) is 0 Å². The van der Waals surface area contributed by atoms with E-state index in [1.807, 2.05) is 43.3 Å². The quantitative estimate of drug-likeness (QED) is 0.858. The zero-order valence-electron chi connectivity index (χ0n) is 15.5. The van der Waals surface area contributed by atoms with Crippen LogP contribution in [0.15, 0.2) is 54.7 Å². The number of hydrogen-bond donors (Lipinski definition) is 1. The Balaban J connectivity index is 2.08. The second-order valence-corrected chi connectivity index (χ2v) is 7.14. The van der Waals surface area contributed by atoms with Gasteiger partial charge in [-0.15, -0.1) is 0 Å². The molecule has 1 fully saturated rings. The van der Waals surface area contributed by atoms with Crippen molar-refractivity contribution in [2.75, 3.05) is 19.6 Å². The number of hydrogen-bond acceptors (Lipinski definition) is 3. The molecule has 3 rings (SSSR count). The predicted molar refractivity (Wildman–Crippen MR) is 104 cm³/mol. The van der Waals surface area contributed by atoms with E-state index in [4.69, 9.17) is 0 Å². The van der Waals surface area contributed by atoms with Crippen molar-refractivity contribution in [3.05, 3.63) is 71.6 Å². The fourth-order valence-electron chi connectivity index (χ4n) is 3.55. The van der Waals surface area contributed by atoms with Crippen molar-refractivity contribution in [1.82, 2.24) is 9.88 Å². The second kappa shape index (κ2) is 7.83. The van der Waals surface area contributed by atoms with Gasteiger partial charge in [-0.1, -0.05) is 42.0 Å². The normalized spacial score (nSPS) is 17.8. The summed E-state index contributed by atoms with van der Waals surface area (Å²) in [4.78, 5) is 19.2. The first-order valence-electron chi connectivity index (χ1n) is 9.17. The standard InChI is InChI=1S/C22H26N2O2/c1-17-8-10-18(11-9-17)19(12-16-24-14-5-6-15-24)22(2,21(25)26)20-7-3-4-13-23-20/h3-4,7-13H,5-6,14-16H2,1-2H3,(H,25,26)/b19-12+. The molecule has 1 aliphatic heterocycles. The van der Waals surface area contributed by atoms with Crippen molar-refractivity contribution in [2.24, 2.45) is 0 Å². The van der Waals surface area contributed by atoms with Crippen LogP contribution in [0.5, 0.6) is 0 Å². The first-order chi connectivity index (χ1) is 12.5. The number of aromatic nitrogens is 1. The van der Waals surface area contributed by atoms with Gasteiger partial charge < -0.3 is 5.11 Å². The number of carboxylic acid groups (broad SMARTS) is 1. The van der Waals surface area contributed by atoms with Gasteiger partial charge >= 0.3 is 5.97 Å². The van der Waals surface area contributed by atoms with E-state index in [0.29, 0.717) is 5.69 Å². The van der Waals surface area contributed by atoms with Crippen molar-refractivity contribution in [1.29, 1.82) is 0 Å². The lowest BCUT2D eigenvalue weighted by Crippen LogP contribution is -2.35. The van der Waals surface area contributed by atoms with Gasteiger partial charge in [-0.05, 0) is 63.0 Å².